The van der Waals surface area contributed by atoms with Crippen molar-refractivity contribution >= 4 is 5.82 Å². The number of hydrogen-bond donors (Lipinski definition) is 1. The molecule has 13 heavy (non-hydrogen) atoms. The minimum absolute atomic E-state index is 0.0939. The maximum Gasteiger partial charge on any atom is 0.393 e. The zero-order valence-corrected chi connectivity index (χ0v) is 7.01. The number of aliphatic hydroxyl groups excluding tert-OH is 1. The van der Waals surface area contributed by atoms with Crippen LogP contribution in [0.3, 0.4) is 0 Å². The molecule has 0 aromatic carbocycles. The molecule has 1 heterocycles. The third kappa shape index (κ3) is 2.15. The summed E-state index contributed by atoms with van der Waals surface area (Å²) >= 11 is 0. The smallest absolute Gasteiger partial charge is 0.393 e. The monoisotopic (exact) mass is 187 g/mol. The molecule has 0 aliphatic heterocycles. The van der Waals surface area contributed by atoms with Crippen LogP contribution in [0, 0.1) is 10.1 Å². The summed E-state index contributed by atoms with van der Waals surface area (Å²) in [7, 11) is 1.53. The van der Waals surface area contributed by atoms with E-state index < -0.39 is 4.92 Å². The first kappa shape index (κ1) is 9.46. The molecule has 0 aliphatic rings. The minimum atomic E-state index is -0.605. The van der Waals surface area contributed by atoms with E-state index in [0.29, 0.717) is 0 Å². The van der Waals surface area contributed by atoms with Gasteiger partial charge in [-0.1, -0.05) is 0 Å². The van der Waals surface area contributed by atoms with E-state index in [4.69, 9.17) is 9.84 Å². The van der Waals surface area contributed by atoms with Gasteiger partial charge in [0.1, 0.15) is 12.7 Å². The van der Waals surface area contributed by atoms with Crippen molar-refractivity contribution < 1.29 is 14.8 Å². The molecular formula is C6H9N3O4. The number of hydrogen-bond acceptors (Lipinski definition) is 5. The van der Waals surface area contributed by atoms with E-state index in [9.17, 15) is 10.1 Å². The average Bonchev–Trinajstić information content (AvgIpc) is 2.44. The van der Waals surface area contributed by atoms with E-state index in [1.807, 2.05) is 0 Å². The molecule has 0 spiro atoms. The molecule has 1 aromatic heterocycles. The second kappa shape index (κ2) is 3.85. The van der Waals surface area contributed by atoms with Crippen molar-refractivity contribution in [1.82, 2.24) is 9.78 Å². The van der Waals surface area contributed by atoms with Gasteiger partial charge in [-0.15, -0.1) is 4.68 Å². The summed E-state index contributed by atoms with van der Waals surface area (Å²) in [6, 6.07) is 1.20. The van der Waals surface area contributed by atoms with E-state index in [1.54, 1.807) is 0 Å². The highest BCUT2D eigenvalue weighted by Gasteiger charge is 2.15. The van der Waals surface area contributed by atoms with Crippen molar-refractivity contribution in [1.29, 1.82) is 0 Å². The van der Waals surface area contributed by atoms with Crippen molar-refractivity contribution in [3.63, 3.8) is 0 Å². The van der Waals surface area contributed by atoms with Crippen LogP contribution in [0.5, 0.6) is 5.88 Å². The standard InChI is InChI=1S/C6H9N3O4/c1-8-6(13-3-2-10)4-5(7-8)9(11)12/h4,10H,2-3H2,1H3. The summed E-state index contributed by atoms with van der Waals surface area (Å²) in [5.74, 6) is -0.00353. The zero-order valence-electron chi connectivity index (χ0n) is 7.01. The lowest BCUT2D eigenvalue weighted by Gasteiger charge is -1.99. The van der Waals surface area contributed by atoms with Crippen molar-refractivity contribution in [3.8, 4) is 5.88 Å². The van der Waals surface area contributed by atoms with Crippen LogP contribution >= 0.6 is 0 Å². The highest BCUT2D eigenvalue weighted by Crippen LogP contribution is 2.17. The maximum atomic E-state index is 10.3. The number of nitro groups is 1. The van der Waals surface area contributed by atoms with E-state index in [0.717, 1.165) is 0 Å². The van der Waals surface area contributed by atoms with E-state index in [2.05, 4.69) is 5.10 Å². The molecule has 0 fully saturated rings. The molecular weight excluding hydrogens is 178 g/mol. The van der Waals surface area contributed by atoms with Crippen LogP contribution in [0.1, 0.15) is 0 Å². The van der Waals surface area contributed by atoms with E-state index >= 15 is 0 Å². The Kier molecular flexibility index (Phi) is 2.80. The Morgan fingerprint density at radius 2 is 2.54 bits per heavy atom. The van der Waals surface area contributed by atoms with Crippen LogP contribution in [0.15, 0.2) is 6.07 Å². The van der Waals surface area contributed by atoms with Crippen LogP contribution < -0.4 is 4.74 Å². The molecule has 1 rings (SSSR count). The first-order chi connectivity index (χ1) is 6.15. The zero-order chi connectivity index (χ0) is 9.84. The van der Waals surface area contributed by atoms with Crippen molar-refractivity contribution in [2.24, 2.45) is 7.05 Å². The van der Waals surface area contributed by atoms with Crippen LogP contribution in [-0.4, -0.2) is 33.0 Å². The molecule has 0 bridgehead atoms. The lowest BCUT2D eigenvalue weighted by Crippen LogP contribution is -2.05. The highest BCUT2D eigenvalue weighted by atomic mass is 16.6. The van der Waals surface area contributed by atoms with Crippen LogP contribution in [0.2, 0.25) is 0 Å². The Morgan fingerprint density at radius 1 is 1.85 bits per heavy atom. The Bertz CT molecular complexity index is 309. The lowest BCUT2D eigenvalue weighted by atomic mass is 10.6. The van der Waals surface area contributed by atoms with Crippen LogP contribution in [-0.2, 0) is 7.05 Å². The van der Waals surface area contributed by atoms with Gasteiger partial charge in [0.15, 0.2) is 0 Å². The molecule has 1 N–H and O–H groups in total. The third-order valence-corrected chi connectivity index (χ3v) is 1.35. The fourth-order valence-corrected chi connectivity index (χ4v) is 0.810. The predicted molar refractivity (Wildman–Crippen MR) is 42.4 cm³/mol. The van der Waals surface area contributed by atoms with Crippen molar-refractivity contribution in [2.45, 2.75) is 0 Å². The molecule has 7 nitrogen and oxygen atoms in total. The number of ether oxygens (including phenoxy) is 1. The molecule has 7 heteroatoms. The molecule has 0 amide bonds. The molecule has 0 unspecified atom stereocenters. The summed E-state index contributed by atoms with van der Waals surface area (Å²) < 4.78 is 6.21. The van der Waals surface area contributed by atoms with Gasteiger partial charge < -0.3 is 20.0 Å². The first-order valence-electron chi connectivity index (χ1n) is 3.57. The summed E-state index contributed by atoms with van der Waals surface area (Å²) in [6.07, 6.45) is 0. The number of aromatic nitrogens is 2. The molecule has 72 valence electrons. The van der Waals surface area contributed by atoms with Gasteiger partial charge in [0.05, 0.1) is 18.8 Å². The fraction of sp³-hybridized carbons (Fsp3) is 0.500. The minimum Gasteiger partial charge on any atom is -0.474 e. The molecule has 1 aromatic rings. The van der Waals surface area contributed by atoms with Gasteiger partial charge >= 0.3 is 5.82 Å². The quantitative estimate of drug-likeness (QED) is 0.516. The summed E-state index contributed by atoms with van der Waals surface area (Å²) in [5, 5.41) is 22.3. The Morgan fingerprint density at radius 3 is 3.00 bits per heavy atom. The number of nitrogens with zero attached hydrogens (tertiary/aromatic N) is 3. The summed E-state index contributed by atoms with van der Waals surface area (Å²) in [6.45, 7) is -0.0460. The SMILES string of the molecule is Cn1nc([N+](=O)[O-])cc1OCCO. The topological polar surface area (TPSA) is 90.4 Å². The third-order valence-electron chi connectivity index (χ3n) is 1.35. The normalized spacial score (nSPS) is 10.0. The molecule has 0 saturated carbocycles. The second-order valence-electron chi connectivity index (χ2n) is 2.29. The van der Waals surface area contributed by atoms with Crippen molar-refractivity contribution in [2.75, 3.05) is 13.2 Å². The van der Waals surface area contributed by atoms with Gasteiger partial charge in [0.25, 0.3) is 0 Å². The molecule has 0 saturated heterocycles. The number of rotatable bonds is 4. The largest absolute Gasteiger partial charge is 0.474 e. The summed E-state index contributed by atoms with van der Waals surface area (Å²) in [4.78, 5) is 9.66. The number of aryl methyl sites for hydroxylation is 1. The van der Waals surface area contributed by atoms with Gasteiger partial charge in [0, 0.05) is 0 Å². The molecule has 0 atom stereocenters. The lowest BCUT2D eigenvalue weighted by molar-refractivity contribution is -0.389. The van der Waals surface area contributed by atoms with Gasteiger partial charge in [-0.25, -0.2) is 0 Å². The Labute approximate surface area is 73.7 Å². The summed E-state index contributed by atoms with van der Waals surface area (Å²) in [5.41, 5.74) is 0. The van der Waals surface area contributed by atoms with E-state index in [1.165, 1.54) is 17.8 Å². The van der Waals surface area contributed by atoms with Gasteiger partial charge in [-0.2, -0.15) is 0 Å². The van der Waals surface area contributed by atoms with Crippen LogP contribution in [0.25, 0.3) is 0 Å². The first-order valence-corrected chi connectivity index (χ1v) is 3.57. The van der Waals surface area contributed by atoms with E-state index in [-0.39, 0.29) is 24.9 Å². The molecule has 0 aliphatic carbocycles. The second-order valence-corrected chi connectivity index (χ2v) is 2.29. The van der Waals surface area contributed by atoms with Crippen molar-refractivity contribution in [3.05, 3.63) is 16.2 Å². The average molecular weight is 187 g/mol. The molecule has 0 radical (unpaired) electrons. The van der Waals surface area contributed by atoms with Gasteiger partial charge in [-0.3, -0.25) is 0 Å². The maximum absolute atomic E-state index is 10.3. The number of aliphatic hydroxyl groups is 1. The Balaban J connectivity index is 2.77. The fourth-order valence-electron chi connectivity index (χ4n) is 0.810. The van der Waals surface area contributed by atoms with Crippen LogP contribution in [0.4, 0.5) is 5.82 Å². The highest BCUT2D eigenvalue weighted by molar-refractivity contribution is 5.26. The van der Waals surface area contributed by atoms with Gasteiger partial charge in [0.2, 0.25) is 5.88 Å². The predicted octanol–water partition coefficient (Wildman–Crippen LogP) is -0.301. The Hall–Kier alpha value is -1.63. The van der Waals surface area contributed by atoms with Gasteiger partial charge in [-0.05, 0) is 4.92 Å².